The predicted molar refractivity (Wildman–Crippen MR) is 165 cm³/mol. The van der Waals surface area contributed by atoms with Crippen molar-refractivity contribution in [1.29, 1.82) is 0 Å². The van der Waals surface area contributed by atoms with Gasteiger partial charge in [0.05, 0.1) is 6.61 Å². The molecule has 2 nitrogen and oxygen atoms in total. The largest absolute Gasteiger partial charge is 0.466 e. The maximum atomic E-state index is 11.9. The molecule has 2 heteroatoms. The molecule has 0 amide bonds. The molecule has 0 saturated heterocycles. The number of carbonyl (C=O) groups is 1. The van der Waals surface area contributed by atoms with Gasteiger partial charge in [-0.3, -0.25) is 4.79 Å². The quantitative estimate of drug-likeness (QED) is 0.0668. The lowest BCUT2D eigenvalue weighted by atomic mass is 9.99. The first-order valence-electron chi connectivity index (χ1n) is 17.4. The number of esters is 1. The fraction of sp³-hybridized carbons (Fsp3) is 0.971. The average molecular weight is 523 g/mol. The van der Waals surface area contributed by atoms with Gasteiger partial charge in [-0.05, 0) is 18.8 Å². The molecule has 0 rings (SSSR count). The highest BCUT2D eigenvalue weighted by Gasteiger charge is 2.03. The lowest BCUT2D eigenvalue weighted by Crippen LogP contribution is -2.05. The van der Waals surface area contributed by atoms with E-state index in [2.05, 4.69) is 20.8 Å². The smallest absolute Gasteiger partial charge is 0.305 e. The molecule has 0 aliphatic rings. The molecule has 1 unspecified atom stereocenters. The summed E-state index contributed by atoms with van der Waals surface area (Å²) in [7, 11) is 0. The summed E-state index contributed by atoms with van der Waals surface area (Å²) >= 11 is 0. The number of unbranched alkanes of at least 4 members (excludes halogenated alkanes) is 24. The molecule has 0 heterocycles. The topological polar surface area (TPSA) is 26.3 Å². The van der Waals surface area contributed by atoms with Gasteiger partial charge in [-0.2, -0.15) is 0 Å². The molecule has 0 aromatic heterocycles. The van der Waals surface area contributed by atoms with E-state index in [-0.39, 0.29) is 5.97 Å². The van der Waals surface area contributed by atoms with Crippen molar-refractivity contribution in [3.05, 3.63) is 0 Å². The van der Waals surface area contributed by atoms with Crippen molar-refractivity contribution in [3.8, 4) is 0 Å². The Balaban J connectivity index is 3.16. The summed E-state index contributed by atoms with van der Waals surface area (Å²) in [6, 6.07) is 0. The Morgan fingerprint density at radius 2 is 0.838 bits per heavy atom. The number of ether oxygens (including phenoxy) is 1. The van der Waals surface area contributed by atoms with Crippen molar-refractivity contribution in [1.82, 2.24) is 0 Å². The van der Waals surface area contributed by atoms with Crippen LogP contribution in [0.1, 0.15) is 207 Å². The van der Waals surface area contributed by atoms with Gasteiger partial charge in [0.1, 0.15) is 0 Å². The molecule has 222 valence electrons. The van der Waals surface area contributed by atoms with E-state index in [1.165, 1.54) is 167 Å². The van der Waals surface area contributed by atoms with Crippen LogP contribution in [0.2, 0.25) is 0 Å². The van der Waals surface area contributed by atoms with E-state index < -0.39 is 0 Å². The van der Waals surface area contributed by atoms with Crippen LogP contribution < -0.4 is 0 Å². The highest BCUT2D eigenvalue weighted by Crippen LogP contribution is 2.16. The molecule has 0 spiro atoms. The normalized spacial score (nSPS) is 12.2. The Hall–Kier alpha value is -0.530. The van der Waals surface area contributed by atoms with E-state index in [1.807, 2.05) is 0 Å². The molecule has 0 aromatic rings. The second-order valence-electron chi connectivity index (χ2n) is 12.1. The van der Waals surface area contributed by atoms with Gasteiger partial charge in [0.15, 0.2) is 0 Å². The monoisotopic (exact) mass is 523 g/mol. The van der Waals surface area contributed by atoms with Crippen molar-refractivity contribution >= 4 is 5.97 Å². The lowest BCUT2D eigenvalue weighted by molar-refractivity contribution is -0.143. The van der Waals surface area contributed by atoms with Crippen LogP contribution in [0.25, 0.3) is 0 Å². The first-order valence-corrected chi connectivity index (χ1v) is 17.4. The van der Waals surface area contributed by atoms with Gasteiger partial charge < -0.3 is 4.74 Å². The lowest BCUT2D eigenvalue weighted by Gasteiger charge is -2.07. The summed E-state index contributed by atoms with van der Waals surface area (Å²) in [4.78, 5) is 11.9. The van der Waals surface area contributed by atoms with Gasteiger partial charge in [0, 0.05) is 6.42 Å². The molecule has 0 aliphatic heterocycles. The van der Waals surface area contributed by atoms with Crippen LogP contribution in [-0.4, -0.2) is 12.6 Å². The number of hydrogen-bond acceptors (Lipinski definition) is 2. The average Bonchev–Trinajstić information content (AvgIpc) is 2.90. The molecule has 37 heavy (non-hydrogen) atoms. The molecule has 0 radical (unpaired) electrons. The Kier molecular flexibility index (Phi) is 31.2. The molecule has 0 N–H and O–H groups in total. The van der Waals surface area contributed by atoms with Gasteiger partial charge in [0.2, 0.25) is 0 Å². The fourth-order valence-electron chi connectivity index (χ4n) is 5.29. The van der Waals surface area contributed by atoms with Crippen LogP contribution in [0.5, 0.6) is 0 Å². The van der Waals surface area contributed by atoms with Crippen LogP contribution in [0.3, 0.4) is 0 Å². The van der Waals surface area contributed by atoms with Crippen LogP contribution >= 0.6 is 0 Å². The molecule has 0 bridgehead atoms. The van der Waals surface area contributed by atoms with Gasteiger partial charge in [-0.15, -0.1) is 0 Å². The summed E-state index contributed by atoms with van der Waals surface area (Å²) in [5.41, 5.74) is 0. The zero-order chi connectivity index (χ0) is 27.1. The third-order valence-corrected chi connectivity index (χ3v) is 8.29. The van der Waals surface area contributed by atoms with Crippen molar-refractivity contribution in [2.45, 2.75) is 207 Å². The molecule has 0 fully saturated rings. The summed E-state index contributed by atoms with van der Waals surface area (Å²) in [5, 5.41) is 0. The van der Waals surface area contributed by atoms with Crippen LogP contribution in [0.15, 0.2) is 0 Å². The minimum Gasteiger partial charge on any atom is -0.466 e. The molecule has 0 saturated carbocycles. The Bertz CT molecular complexity index is 433. The number of rotatable bonds is 31. The maximum Gasteiger partial charge on any atom is 0.305 e. The van der Waals surface area contributed by atoms with E-state index in [0.29, 0.717) is 13.0 Å². The third kappa shape index (κ3) is 31.6. The van der Waals surface area contributed by atoms with E-state index in [0.717, 1.165) is 18.8 Å². The highest BCUT2D eigenvalue weighted by atomic mass is 16.5. The highest BCUT2D eigenvalue weighted by molar-refractivity contribution is 5.69. The van der Waals surface area contributed by atoms with Crippen molar-refractivity contribution in [3.63, 3.8) is 0 Å². The summed E-state index contributed by atoms with van der Waals surface area (Å²) in [6.45, 7) is 7.61. The molecule has 1 atom stereocenters. The summed E-state index contributed by atoms with van der Waals surface area (Å²) < 4.78 is 5.43. The van der Waals surface area contributed by atoms with E-state index in [1.54, 1.807) is 0 Å². The Labute approximate surface area is 234 Å². The second-order valence-corrected chi connectivity index (χ2v) is 12.1. The zero-order valence-corrected chi connectivity index (χ0v) is 26.1. The van der Waals surface area contributed by atoms with E-state index in [9.17, 15) is 4.79 Å². The van der Waals surface area contributed by atoms with Crippen LogP contribution in [0, 0.1) is 5.92 Å². The zero-order valence-electron chi connectivity index (χ0n) is 26.1. The van der Waals surface area contributed by atoms with Gasteiger partial charge in [-0.1, -0.05) is 188 Å². The molecular formula is C35H70O2. The predicted octanol–water partition coefficient (Wildman–Crippen LogP) is 12.5. The van der Waals surface area contributed by atoms with E-state index >= 15 is 0 Å². The van der Waals surface area contributed by atoms with Crippen molar-refractivity contribution in [2.75, 3.05) is 6.61 Å². The van der Waals surface area contributed by atoms with Crippen LogP contribution in [-0.2, 0) is 9.53 Å². The van der Waals surface area contributed by atoms with Gasteiger partial charge in [-0.25, -0.2) is 0 Å². The van der Waals surface area contributed by atoms with Crippen molar-refractivity contribution in [2.24, 2.45) is 5.92 Å². The molecular weight excluding hydrogens is 452 g/mol. The number of carbonyl (C=O) groups excluding carboxylic acids is 1. The minimum atomic E-state index is 0.0265. The molecule has 0 aromatic carbocycles. The standard InChI is InChI=1S/C35H70O2/c1-4-6-7-8-9-10-11-18-21-24-27-30-33-37-35(36)32-29-26-23-20-17-15-13-12-14-16-19-22-25-28-31-34(3)5-2/h34H,4-33H2,1-3H3. The summed E-state index contributed by atoms with van der Waals surface area (Å²) in [5.74, 6) is 0.953. The van der Waals surface area contributed by atoms with Crippen molar-refractivity contribution < 1.29 is 9.53 Å². The number of hydrogen-bond donors (Lipinski definition) is 0. The van der Waals surface area contributed by atoms with E-state index in [4.69, 9.17) is 4.74 Å². The fourth-order valence-corrected chi connectivity index (χ4v) is 5.29. The Morgan fingerprint density at radius 3 is 1.24 bits per heavy atom. The molecule has 0 aliphatic carbocycles. The SMILES string of the molecule is CCCCCCCCCCCCCCOC(=O)CCCCCCCCCCCCCCCCC(C)CC. The van der Waals surface area contributed by atoms with Gasteiger partial charge >= 0.3 is 5.97 Å². The second kappa shape index (κ2) is 31.7. The van der Waals surface area contributed by atoms with Gasteiger partial charge in [0.25, 0.3) is 0 Å². The van der Waals surface area contributed by atoms with Crippen LogP contribution in [0.4, 0.5) is 0 Å². The maximum absolute atomic E-state index is 11.9. The Morgan fingerprint density at radius 1 is 0.486 bits per heavy atom. The first kappa shape index (κ1) is 36.5. The minimum absolute atomic E-state index is 0.0265. The summed E-state index contributed by atoms with van der Waals surface area (Å²) in [6.07, 6.45) is 38.6. The third-order valence-electron chi connectivity index (χ3n) is 8.29. The first-order chi connectivity index (χ1) is 18.2.